The molecule has 0 saturated carbocycles. The molecule has 0 aliphatic carbocycles. The predicted molar refractivity (Wildman–Crippen MR) is 53.0 cm³/mol. The molecule has 0 radical (unpaired) electrons. The van der Waals surface area contributed by atoms with Gasteiger partial charge in [0.05, 0.1) is 20.6 Å². The number of benzene rings is 1. The molecule has 15 heavy (non-hydrogen) atoms. The minimum Gasteiger partial charge on any atom is -0.493 e. The maximum Gasteiger partial charge on any atom is 0.310 e. The highest BCUT2D eigenvalue weighted by molar-refractivity contribution is 5.75. The number of methoxy groups -OCH3 is 2. The van der Waals surface area contributed by atoms with E-state index in [0.717, 1.165) is 11.1 Å². The van der Waals surface area contributed by atoms with Gasteiger partial charge >= 0.3 is 5.97 Å². The monoisotopic (exact) mass is 208 g/mol. The average molecular weight is 208 g/mol. The molecule has 1 aromatic rings. The molecular formula is C11H12O4. The zero-order valence-corrected chi connectivity index (χ0v) is 8.70. The highest BCUT2D eigenvalue weighted by Crippen LogP contribution is 2.35. The summed E-state index contributed by atoms with van der Waals surface area (Å²) in [5.41, 5.74) is 1.85. The number of rotatable bonds is 2. The Labute approximate surface area is 87.8 Å². The molecule has 1 aliphatic rings. The molecule has 1 aliphatic heterocycles. The van der Waals surface area contributed by atoms with Gasteiger partial charge in [-0.25, -0.2) is 0 Å². The second-order valence-corrected chi connectivity index (χ2v) is 3.28. The van der Waals surface area contributed by atoms with Gasteiger partial charge in [0.25, 0.3) is 0 Å². The average Bonchev–Trinajstić information content (AvgIpc) is 2.27. The SMILES string of the molecule is COc1ccc2c(c1OC)COC(=O)C2. The van der Waals surface area contributed by atoms with Gasteiger partial charge in [-0.3, -0.25) is 4.79 Å². The summed E-state index contributed by atoms with van der Waals surface area (Å²) in [7, 11) is 3.16. The fourth-order valence-corrected chi connectivity index (χ4v) is 1.71. The predicted octanol–water partition coefficient (Wildman–Crippen LogP) is 1.30. The number of carbonyl (C=O) groups is 1. The van der Waals surface area contributed by atoms with E-state index in [4.69, 9.17) is 14.2 Å². The number of hydrogen-bond donors (Lipinski definition) is 0. The molecule has 4 nitrogen and oxygen atoms in total. The van der Waals surface area contributed by atoms with Crippen molar-refractivity contribution >= 4 is 5.97 Å². The van der Waals surface area contributed by atoms with E-state index in [0.29, 0.717) is 17.9 Å². The van der Waals surface area contributed by atoms with Gasteiger partial charge in [-0.1, -0.05) is 6.07 Å². The van der Waals surface area contributed by atoms with Crippen molar-refractivity contribution < 1.29 is 19.0 Å². The summed E-state index contributed by atoms with van der Waals surface area (Å²) < 4.78 is 15.4. The van der Waals surface area contributed by atoms with Crippen LogP contribution >= 0.6 is 0 Å². The molecule has 0 N–H and O–H groups in total. The normalized spacial score (nSPS) is 14.1. The van der Waals surface area contributed by atoms with Crippen LogP contribution in [0.15, 0.2) is 12.1 Å². The lowest BCUT2D eigenvalue weighted by molar-refractivity contribution is -0.145. The summed E-state index contributed by atoms with van der Waals surface area (Å²) in [5.74, 6) is 1.12. The fraction of sp³-hybridized carbons (Fsp3) is 0.364. The van der Waals surface area contributed by atoms with Crippen LogP contribution in [0.1, 0.15) is 11.1 Å². The summed E-state index contributed by atoms with van der Waals surface area (Å²) in [6.45, 7) is 0.258. The van der Waals surface area contributed by atoms with Gasteiger partial charge in [-0.15, -0.1) is 0 Å². The standard InChI is InChI=1S/C11H12O4/c1-13-9-4-3-7-5-10(12)15-6-8(7)11(9)14-2/h3-4H,5-6H2,1-2H3. The van der Waals surface area contributed by atoms with Crippen molar-refractivity contribution in [3.05, 3.63) is 23.3 Å². The lowest BCUT2D eigenvalue weighted by atomic mass is 10.0. The Balaban J connectivity index is 2.50. The third kappa shape index (κ3) is 1.63. The Morgan fingerprint density at radius 1 is 1.27 bits per heavy atom. The lowest BCUT2D eigenvalue weighted by Gasteiger charge is -2.20. The second-order valence-electron chi connectivity index (χ2n) is 3.28. The zero-order chi connectivity index (χ0) is 10.8. The van der Waals surface area contributed by atoms with E-state index in [1.807, 2.05) is 6.07 Å². The van der Waals surface area contributed by atoms with Crippen LogP contribution in [0.4, 0.5) is 0 Å². The van der Waals surface area contributed by atoms with E-state index in [9.17, 15) is 4.79 Å². The van der Waals surface area contributed by atoms with Crippen LogP contribution < -0.4 is 9.47 Å². The summed E-state index contributed by atoms with van der Waals surface area (Å²) in [6, 6.07) is 3.67. The highest BCUT2D eigenvalue weighted by Gasteiger charge is 2.22. The largest absolute Gasteiger partial charge is 0.493 e. The maximum atomic E-state index is 11.1. The van der Waals surface area contributed by atoms with E-state index in [1.165, 1.54) is 0 Å². The summed E-state index contributed by atoms with van der Waals surface area (Å²) >= 11 is 0. The van der Waals surface area contributed by atoms with Gasteiger partial charge in [0.2, 0.25) is 0 Å². The Bertz CT molecular complexity index is 398. The lowest BCUT2D eigenvalue weighted by Crippen LogP contribution is -2.17. The third-order valence-electron chi connectivity index (χ3n) is 2.46. The summed E-state index contributed by atoms with van der Waals surface area (Å²) in [6.07, 6.45) is 0.301. The van der Waals surface area contributed by atoms with Gasteiger partial charge in [-0.2, -0.15) is 0 Å². The molecule has 0 unspecified atom stereocenters. The molecule has 1 heterocycles. The molecular weight excluding hydrogens is 196 g/mol. The third-order valence-corrected chi connectivity index (χ3v) is 2.46. The number of esters is 1. The smallest absolute Gasteiger partial charge is 0.310 e. The van der Waals surface area contributed by atoms with E-state index in [2.05, 4.69) is 0 Å². The number of hydrogen-bond acceptors (Lipinski definition) is 4. The number of fused-ring (bicyclic) bond motifs is 1. The maximum absolute atomic E-state index is 11.1. The topological polar surface area (TPSA) is 44.8 Å². The van der Waals surface area contributed by atoms with Crippen LogP contribution in [-0.4, -0.2) is 20.2 Å². The quantitative estimate of drug-likeness (QED) is 0.687. The van der Waals surface area contributed by atoms with Crippen molar-refractivity contribution in [3.63, 3.8) is 0 Å². The molecule has 0 aromatic heterocycles. The Kier molecular flexibility index (Phi) is 2.49. The first-order valence-corrected chi connectivity index (χ1v) is 4.64. The van der Waals surface area contributed by atoms with Crippen LogP contribution in [0.25, 0.3) is 0 Å². The molecule has 0 amide bonds. The molecule has 0 bridgehead atoms. The van der Waals surface area contributed by atoms with Gasteiger partial charge in [0.15, 0.2) is 11.5 Å². The van der Waals surface area contributed by atoms with E-state index in [1.54, 1.807) is 20.3 Å². The fourth-order valence-electron chi connectivity index (χ4n) is 1.71. The first kappa shape index (κ1) is 9.83. The first-order valence-electron chi connectivity index (χ1n) is 4.64. The molecule has 0 atom stereocenters. The zero-order valence-electron chi connectivity index (χ0n) is 8.70. The Morgan fingerprint density at radius 3 is 2.73 bits per heavy atom. The Morgan fingerprint density at radius 2 is 2.07 bits per heavy atom. The van der Waals surface area contributed by atoms with Crippen molar-refractivity contribution in [2.75, 3.05) is 14.2 Å². The molecule has 80 valence electrons. The van der Waals surface area contributed by atoms with Crippen LogP contribution in [0.2, 0.25) is 0 Å². The van der Waals surface area contributed by atoms with Crippen LogP contribution in [0.5, 0.6) is 11.5 Å². The van der Waals surface area contributed by atoms with Crippen molar-refractivity contribution in [1.82, 2.24) is 0 Å². The molecule has 1 aromatic carbocycles. The van der Waals surface area contributed by atoms with Crippen LogP contribution in [0.3, 0.4) is 0 Å². The van der Waals surface area contributed by atoms with Gasteiger partial charge in [0.1, 0.15) is 6.61 Å². The summed E-state index contributed by atoms with van der Waals surface area (Å²) in [4.78, 5) is 11.1. The number of carbonyl (C=O) groups excluding carboxylic acids is 1. The van der Waals surface area contributed by atoms with E-state index in [-0.39, 0.29) is 12.6 Å². The van der Waals surface area contributed by atoms with Crippen molar-refractivity contribution in [2.45, 2.75) is 13.0 Å². The number of ether oxygens (including phenoxy) is 3. The highest BCUT2D eigenvalue weighted by atomic mass is 16.5. The summed E-state index contributed by atoms with van der Waals surface area (Å²) in [5, 5.41) is 0. The van der Waals surface area contributed by atoms with Crippen LogP contribution in [-0.2, 0) is 22.6 Å². The van der Waals surface area contributed by atoms with E-state index < -0.39 is 0 Å². The molecule has 4 heteroatoms. The Hall–Kier alpha value is -1.71. The molecule has 0 spiro atoms. The van der Waals surface area contributed by atoms with Crippen molar-refractivity contribution in [3.8, 4) is 11.5 Å². The minimum atomic E-state index is -0.199. The molecule has 0 saturated heterocycles. The van der Waals surface area contributed by atoms with E-state index >= 15 is 0 Å². The minimum absolute atomic E-state index is 0.199. The van der Waals surface area contributed by atoms with Gasteiger partial charge < -0.3 is 14.2 Å². The van der Waals surface area contributed by atoms with Gasteiger partial charge in [0, 0.05) is 5.56 Å². The van der Waals surface area contributed by atoms with Crippen LogP contribution in [0, 0.1) is 0 Å². The first-order chi connectivity index (χ1) is 7.26. The van der Waals surface area contributed by atoms with Crippen molar-refractivity contribution in [2.24, 2.45) is 0 Å². The second kappa shape index (κ2) is 3.81. The molecule has 0 fully saturated rings. The van der Waals surface area contributed by atoms with Crippen molar-refractivity contribution in [1.29, 1.82) is 0 Å². The van der Waals surface area contributed by atoms with Gasteiger partial charge in [-0.05, 0) is 11.6 Å². The molecule has 2 rings (SSSR count). The number of cyclic esters (lactones) is 1.